The predicted molar refractivity (Wildman–Crippen MR) is 79.9 cm³/mol. The highest BCUT2D eigenvalue weighted by molar-refractivity contribution is 5.92. The van der Waals surface area contributed by atoms with Crippen molar-refractivity contribution in [2.75, 3.05) is 0 Å². The largest absolute Gasteiger partial charge is 0.368 e. The number of amides is 2. The summed E-state index contributed by atoms with van der Waals surface area (Å²) in [6.07, 6.45) is 4.49. The molecule has 0 aliphatic rings. The van der Waals surface area contributed by atoms with Crippen molar-refractivity contribution in [2.45, 2.75) is 32.7 Å². The molecule has 0 radical (unpaired) electrons. The Hall–Kier alpha value is -2.10. The van der Waals surface area contributed by atoms with Gasteiger partial charge in [-0.2, -0.15) is 0 Å². The van der Waals surface area contributed by atoms with Gasteiger partial charge in [0.05, 0.1) is 0 Å². The topological polar surface area (TPSA) is 72.2 Å². The molecule has 1 rings (SSSR count). The van der Waals surface area contributed by atoms with Gasteiger partial charge in [0.25, 0.3) is 0 Å². The van der Waals surface area contributed by atoms with Crippen LogP contribution in [0.5, 0.6) is 0 Å². The summed E-state index contributed by atoms with van der Waals surface area (Å²) in [5, 5.41) is 2.64. The monoisotopic (exact) mass is 274 g/mol. The Morgan fingerprint density at radius 2 is 1.90 bits per heavy atom. The second-order valence-corrected chi connectivity index (χ2v) is 5.19. The van der Waals surface area contributed by atoms with E-state index in [0.717, 1.165) is 12.0 Å². The maximum Gasteiger partial charge on any atom is 0.244 e. The lowest BCUT2D eigenvalue weighted by atomic mass is 10.1. The molecule has 2 amide bonds. The number of benzene rings is 1. The first-order valence-corrected chi connectivity index (χ1v) is 6.79. The fourth-order valence-electron chi connectivity index (χ4n) is 1.74. The van der Waals surface area contributed by atoms with Gasteiger partial charge in [0, 0.05) is 6.42 Å². The summed E-state index contributed by atoms with van der Waals surface area (Å²) < 4.78 is 0. The molecule has 0 aromatic heterocycles. The van der Waals surface area contributed by atoms with Crippen LogP contribution < -0.4 is 11.1 Å². The Morgan fingerprint density at radius 1 is 1.25 bits per heavy atom. The summed E-state index contributed by atoms with van der Waals surface area (Å²) in [4.78, 5) is 23.1. The fourth-order valence-corrected chi connectivity index (χ4v) is 1.74. The molecule has 0 bridgehead atoms. The number of nitrogens with two attached hydrogens (primary N) is 1. The Bertz CT molecular complexity index is 467. The van der Waals surface area contributed by atoms with Crippen LogP contribution in [0.1, 0.15) is 25.8 Å². The van der Waals surface area contributed by atoms with Gasteiger partial charge >= 0.3 is 0 Å². The Morgan fingerprint density at radius 3 is 2.45 bits per heavy atom. The molecule has 108 valence electrons. The number of rotatable bonds is 7. The molecule has 1 atom stereocenters. The Labute approximate surface area is 120 Å². The maximum absolute atomic E-state index is 11.7. The standard InChI is InChI=1S/C16H22N2O2/c1-12(2)7-6-10-15(19)18-14(16(17)20)11-13-8-4-3-5-9-13/h3-6,8-10,12,14H,7,11H2,1-2H3,(H2,17,20)(H,18,19)/b10-6+/t14-/m0/s1. The molecule has 0 heterocycles. The third kappa shape index (κ3) is 6.18. The van der Waals surface area contributed by atoms with Gasteiger partial charge in [-0.3, -0.25) is 9.59 Å². The van der Waals surface area contributed by atoms with Gasteiger partial charge in [-0.15, -0.1) is 0 Å². The molecule has 1 aromatic rings. The van der Waals surface area contributed by atoms with Crippen molar-refractivity contribution in [1.82, 2.24) is 5.32 Å². The van der Waals surface area contributed by atoms with Crippen LogP contribution in [0.15, 0.2) is 42.5 Å². The minimum atomic E-state index is -0.686. The number of nitrogens with one attached hydrogen (secondary N) is 1. The van der Waals surface area contributed by atoms with E-state index < -0.39 is 11.9 Å². The minimum Gasteiger partial charge on any atom is -0.368 e. The average Bonchev–Trinajstić information content (AvgIpc) is 2.38. The summed E-state index contributed by atoms with van der Waals surface area (Å²) in [5.74, 6) is -0.319. The van der Waals surface area contributed by atoms with Crippen LogP contribution in [0.2, 0.25) is 0 Å². The molecular formula is C16H22N2O2. The van der Waals surface area contributed by atoms with Crippen molar-refractivity contribution in [3.63, 3.8) is 0 Å². The smallest absolute Gasteiger partial charge is 0.244 e. The van der Waals surface area contributed by atoms with Gasteiger partial charge in [-0.1, -0.05) is 50.3 Å². The van der Waals surface area contributed by atoms with E-state index in [1.807, 2.05) is 30.3 Å². The first-order chi connectivity index (χ1) is 9.49. The second-order valence-electron chi connectivity index (χ2n) is 5.19. The van der Waals surface area contributed by atoms with Crippen LogP contribution in [0.4, 0.5) is 0 Å². The number of carbonyl (C=O) groups is 2. The lowest BCUT2D eigenvalue weighted by Gasteiger charge is -2.14. The summed E-state index contributed by atoms with van der Waals surface area (Å²) in [7, 11) is 0. The molecule has 4 nitrogen and oxygen atoms in total. The van der Waals surface area contributed by atoms with Crippen molar-refractivity contribution in [2.24, 2.45) is 11.7 Å². The zero-order chi connectivity index (χ0) is 15.0. The molecule has 0 saturated heterocycles. The van der Waals surface area contributed by atoms with E-state index in [9.17, 15) is 9.59 Å². The van der Waals surface area contributed by atoms with Gasteiger partial charge in [0.1, 0.15) is 6.04 Å². The third-order valence-corrected chi connectivity index (χ3v) is 2.82. The minimum absolute atomic E-state index is 0.287. The number of allylic oxidation sites excluding steroid dienone is 1. The molecule has 0 spiro atoms. The molecule has 0 fully saturated rings. The molecule has 4 heteroatoms. The first-order valence-electron chi connectivity index (χ1n) is 6.79. The van der Waals surface area contributed by atoms with E-state index in [-0.39, 0.29) is 5.91 Å². The molecular weight excluding hydrogens is 252 g/mol. The van der Waals surface area contributed by atoms with Crippen LogP contribution in [-0.4, -0.2) is 17.9 Å². The zero-order valence-electron chi connectivity index (χ0n) is 12.0. The average molecular weight is 274 g/mol. The number of hydrogen-bond acceptors (Lipinski definition) is 2. The van der Waals surface area contributed by atoms with Gasteiger partial charge in [-0.25, -0.2) is 0 Å². The summed E-state index contributed by atoms with van der Waals surface area (Å²) in [5.41, 5.74) is 6.29. The highest BCUT2D eigenvalue weighted by Crippen LogP contribution is 2.03. The van der Waals surface area contributed by atoms with Gasteiger partial charge in [0.15, 0.2) is 0 Å². The van der Waals surface area contributed by atoms with E-state index >= 15 is 0 Å². The Balaban J connectivity index is 2.57. The van der Waals surface area contributed by atoms with Crippen molar-refractivity contribution >= 4 is 11.8 Å². The SMILES string of the molecule is CC(C)C/C=C/C(=O)N[C@@H](Cc1ccccc1)C(N)=O. The van der Waals surface area contributed by atoms with Crippen LogP contribution in [-0.2, 0) is 16.0 Å². The number of hydrogen-bond donors (Lipinski definition) is 2. The molecule has 0 aliphatic heterocycles. The van der Waals surface area contributed by atoms with Crippen LogP contribution in [0.25, 0.3) is 0 Å². The molecule has 1 aromatic carbocycles. The number of primary amides is 1. The lowest BCUT2D eigenvalue weighted by molar-refractivity contribution is -0.124. The van der Waals surface area contributed by atoms with E-state index in [4.69, 9.17) is 5.73 Å². The van der Waals surface area contributed by atoms with Crippen molar-refractivity contribution in [3.05, 3.63) is 48.0 Å². The highest BCUT2D eigenvalue weighted by Gasteiger charge is 2.17. The van der Waals surface area contributed by atoms with Crippen molar-refractivity contribution in [1.29, 1.82) is 0 Å². The molecule has 0 saturated carbocycles. The second kappa shape index (κ2) is 8.15. The van der Waals surface area contributed by atoms with E-state index in [1.165, 1.54) is 6.08 Å². The molecule has 3 N–H and O–H groups in total. The normalized spacial score (nSPS) is 12.6. The van der Waals surface area contributed by atoms with Crippen molar-refractivity contribution in [3.8, 4) is 0 Å². The highest BCUT2D eigenvalue weighted by atomic mass is 16.2. The van der Waals surface area contributed by atoms with Crippen LogP contribution in [0.3, 0.4) is 0 Å². The molecule has 0 unspecified atom stereocenters. The molecule has 0 aliphatic carbocycles. The first kappa shape index (κ1) is 16.0. The fraction of sp³-hybridized carbons (Fsp3) is 0.375. The van der Waals surface area contributed by atoms with Gasteiger partial charge < -0.3 is 11.1 Å². The third-order valence-electron chi connectivity index (χ3n) is 2.82. The van der Waals surface area contributed by atoms with E-state index in [1.54, 1.807) is 6.08 Å². The summed E-state index contributed by atoms with van der Waals surface area (Å²) >= 11 is 0. The van der Waals surface area contributed by atoms with E-state index in [2.05, 4.69) is 19.2 Å². The van der Waals surface area contributed by atoms with Gasteiger partial charge in [-0.05, 0) is 24.0 Å². The lowest BCUT2D eigenvalue weighted by Crippen LogP contribution is -2.45. The maximum atomic E-state index is 11.7. The van der Waals surface area contributed by atoms with Crippen molar-refractivity contribution < 1.29 is 9.59 Å². The number of carbonyl (C=O) groups excluding carboxylic acids is 2. The van der Waals surface area contributed by atoms with Crippen LogP contribution >= 0.6 is 0 Å². The van der Waals surface area contributed by atoms with E-state index in [0.29, 0.717) is 12.3 Å². The Kier molecular flexibility index (Phi) is 6.50. The zero-order valence-corrected chi connectivity index (χ0v) is 12.0. The summed E-state index contributed by atoms with van der Waals surface area (Å²) in [6.45, 7) is 4.15. The quantitative estimate of drug-likeness (QED) is 0.744. The molecule has 20 heavy (non-hydrogen) atoms. The van der Waals surface area contributed by atoms with Gasteiger partial charge in [0.2, 0.25) is 11.8 Å². The summed E-state index contributed by atoms with van der Waals surface area (Å²) in [6, 6.07) is 8.78. The van der Waals surface area contributed by atoms with Crippen LogP contribution in [0, 0.1) is 5.92 Å². The predicted octanol–water partition coefficient (Wildman–Crippen LogP) is 1.80.